The number of carbonyl (C=O) groups is 2. The van der Waals surface area contributed by atoms with Crippen molar-refractivity contribution in [1.82, 2.24) is 9.88 Å². The summed E-state index contributed by atoms with van der Waals surface area (Å²) in [6.07, 6.45) is -0.334. The molecule has 2 heterocycles. The van der Waals surface area contributed by atoms with Crippen molar-refractivity contribution >= 4 is 45.9 Å². The van der Waals surface area contributed by atoms with Crippen molar-refractivity contribution in [3.8, 4) is 5.75 Å². The molecule has 45 heavy (non-hydrogen) atoms. The average Bonchev–Trinajstić information content (AvgIpc) is 3.44. The Morgan fingerprint density at radius 2 is 1.78 bits per heavy atom. The van der Waals surface area contributed by atoms with Crippen molar-refractivity contribution < 1.29 is 32.6 Å². The number of amides is 2. The van der Waals surface area contributed by atoms with Gasteiger partial charge in [0.05, 0.1) is 22.3 Å². The van der Waals surface area contributed by atoms with E-state index < -0.39 is 36.0 Å². The number of carbonyl (C=O) groups excluding carboxylic acids is 1. The maximum Gasteiger partial charge on any atom is 0.511 e. The van der Waals surface area contributed by atoms with E-state index in [1.54, 1.807) is 37.6 Å². The second kappa shape index (κ2) is 12.1. The summed E-state index contributed by atoms with van der Waals surface area (Å²) in [5.41, 5.74) is 1.80. The van der Waals surface area contributed by atoms with Crippen LogP contribution in [0.2, 0.25) is 5.02 Å². The van der Waals surface area contributed by atoms with Gasteiger partial charge in [0, 0.05) is 49.6 Å². The zero-order valence-electron chi connectivity index (χ0n) is 24.3. The lowest BCUT2D eigenvalue weighted by Crippen LogP contribution is -2.52. The van der Waals surface area contributed by atoms with Gasteiger partial charge in [0.1, 0.15) is 5.75 Å². The second-order valence-electron chi connectivity index (χ2n) is 11.3. The molecule has 1 fully saturated rings. The van der Waals surface area contributed by atoms with Gasteiger partial charge in [-0.25, -0.2) is 9.59 Å². The van der Waals surface area contributed by atoms with Crippen LogP contribution in [0.15, 0.2) is 73.1 Å². The SMILES string of the molecule is CN(C(=O)N(c1cc(C(F)(F)F)ccc1Cl)C1CCN(c2ccc3cnccc3c2)CC1)C1CCc2ccc(OC(=O)O)cc21. The number of rotatable bonds is 5. The normalized spacial score (nSPS) is 16.8. The molecule has 1 atom stereocenters. The van der Waals surface area contributed by atoms with E-state index in [0.717, 1.165) is 39.7 Å². The topological polar surface area (TPSA) is 86.2 Å². The van der Waals surface area contributed by atoms with E-state index in [1.807, 2.05) is 18.2 Å². The Labute approximate surface area is 262 Å². The highest BCUT2D eigenvalue weighted by atomic mass is 35.5. The van der Waals surface area contributed by atoms with E-state index in [4.69, 9.17) is 21.4 Å². The molecule has 0 saturated carbocycles. The summed E-state index contributed by atoms with van der Waals surface area (Å²) in [4.78, 5) is 34.8. The quantitative estimate of drug-likeness (QED) is 0.175. The number of carboxylic acid groups (broad SMARTS) is 1. The van der Waals surface area contributed by atoms with Crippen LogP contribution in [-0.2, 0) is 12.6 Å². The van der Waals surface area contributed by atoms with E-state index in [0.29, 0.717) is 38.8 Å². The molecule has 0 spiro atoms. The molecule has 1 aromatic heterocycles. The van der Waals surface area contributed by atoms with Gasteiger partial charge < -0.3 is 19.6 Å². The van der Waals surface area contributed by atoms with Crippen LogP contribution in [-0.4, -0.2) is 53.4 Å². The molecule has 1 unspecified atom stereocenters. The van der Waals surface area contributed by atoms with Crippen molar-refractivity contribution in [2.75, 3.05) is 29.9 Å². The number of aryl methyl sites for hydroxylation is 1. The number of benzene rings is 3. The van der Waals surface area contributed by atoms with E-state index in [2.05, 4.69) is 16.0 Å². The van der Waals surface area contributed by atoms with Gasteiger partial charge in [0.2, 0.25) is 0 Å². The summed E-state index contributed by atoms with van der Waals surface area (Å²) in [6.45, 7) is 1.15. The minimum absolute atomic E-state index is 0.00109. The fourth-order valence-corrected chi connectivity index (χ4v) is 6.62. The minimum Gasteiger partial charge on any atom is -0.449 e. The van der Waals surface area contributed by atoms with Crippen molar-refractivity contribution in [2.24, 2.45) is 0 Å². The number of aromatic nitrogens is 1. The van der Waals surface area contributed by atoms with Crippen molar-refractivity contribution in [3.05, 3.63) is 94.8 Å². The molecule has 1 N–H and O–H groups in total. The number of pyridine rings is 1. The monoisotopic (exact) mass is 638 g/mol. The molecule has 3 aromatic carbocycles. The number of halogens is 4. The Kier molecular flexibility index (Phi) is 8.22. The Bertz CT molecular complexity index is 1760. The highest BCUT2D eigenvalue weighted by molar-refractivity contribution is 6.33. The van der Waals surface area contributed by atoms with E-state index in [-0.39, 0.29) is 16.5 Å². The summed E-state index contributed by atoms with van der Waals surface area (Å²) in [5.74, 6) is 0.129. The number of piperidine rings is 1. The number of ether oxygens (including phenoxy) is 1. The van der Waals surface area contributed by atoms with Gasteiger partial charge >= 0.3 is 18.4 Å². The predicted molar refractivity (Wildman–Crippen MR) is 165 cm³/mol. The predicted octanol–water partition coefficient (Wildman–Crippen LogP) is 8.18. The third kappa shape index (κ3) is 6.22. The molecule has 2 aliphatic rings. The summed E-state index contributed by atoms with van der Waals surface area (Å²) in [6, 6.07) is 14.7. The molecular weight excluding hydrogens is 609 g/mol. The third-order valence-electron chi connectivity index (χ3n) is 8.70. The van der Waals surface area contributed by atoms with Crippen LogP contribution >= 0.6 is 11.6 Å². The van der Waals surface area contributed by atoms with E-state index in [9.17, 15) is 22.8 Å². The summed E-state index contributed by atoms with van der Waals surface area (Å²) >= 11 is 6.53. The zero-order valence-corrected chi connectivity index (χ0v) is 25.1. The molecule has 2 amide bonds. The maximum absolute atomic E-state index is 14.4. The zero-order chi connectivity index (χ0) is 31.9. The van der Waals surface area contributed by atoms with Crippen LogP contribution in [0.1, 0.15) is 42.0 Å². The molecule has 12 heteroatoms. The van der Waals surface area contributed by atoms with Crippen LogP contribution in [0, 0.1) is 0 Å². The first-order valence-electron chi connectivity index (χ1n) is 14.5. The van der Waals surface area contributed by atoms with Gasteiger partial charge in [0.25, 0.3) is 0 Å². The molecule has 0 radical (unpaired) electrons. The Morgan fingerprint density at radius 3 is 2.51 bits per heavy atom. The molecule has 4 aromatic rings. The lowest BCUT2D eigenvalue weighted by atomic mass is 10.0. The van der Waals surface area contributed by atoms with Gasteiger partial charge in [-0.3, -0.25) is 9.88 Å². The number of hydrogen-bond acceptors (Lipinski definition) is 5. The summed E-state index contributed by atoms with van der Waals surface area (Å²) in [7, 11) is 1.61. The van der Waals surface area contributed by atoms with Gasteiger partial charge in [-0.15, -0.1) is 0 Å². The van der Waals surface area contributed by atoms with Crippen LogP contribution in [0.3, 0.4) is 0 Å². The highest BCUT2D eigenvalue weighted by Crippen LogP contribution is 2.41. The lowest BCUT2D eigenvalue weighted by molar-refractivity contribution is -0.137. The van der Waals surface area contributed by atoms with Crippen molar-refractivity contribution in [2.45, 2.75) is 43.9 Å². The van der Waals surface area contributed by atoms with Crippen molar-refractivity contribution in [1.29, 1.82) is 0 Å². The first kappa shape index (κ1) is 30.5. The molecule has 0 bridgehead atoms. The fraction of sp³-hybridized carbons (Fsp3) is 0.303. The minimum atomic E-state index is -4.63. The van der Waals surface area contributed by atoms with E-state index in [1.165, 1.54) is 15.9 Å². The molecule has 6 rings (SSSR count). The molecule has 1 aliphatic heterocycles. The number of fused-ring (bicyclic) bond motifs is 2. The van der Waals surface area contributed by atoms with Crippen LogP contribution in [0.4, 0.5) is 34.1 Å². The van der Waals surface area contributed by atoms with Crippen LogP contribution in [0.5, 0.6) is 5.75 Å². The molecular formula is C33H30ClF3N4O4. The fourth-order valence-electron chi connectivity index (χ4n) is 6.41. The Morgan fingerprint density at radius 1 is 1.00 bits per heavy atom. The number of hydrogen-bond donors (Lipinski definition) is 1. The first-order valence-corrected chi connectivity index (χ1v) is 14.9. The van der Waals surface area contributed by atoms with Gasteiger partial charge in [-0.2, -0.15) is 13.2 Å². The van der Waals surface area contributed by atoms with Crippen LogP contribution in [0.25, 0.3) is 10.8 Å². The average molecular weight is 639 g/mol. The summed E-state index contributed by atoms with van der Waals surface area (Å²) < 4.78 is 46.3. The lowest BCUT2D eigenvalue weighted by Gasteiger charge is -2.42. The number of alkyl halides is 3. The first-order chi connectivity index (χ1) is 21.5. The smallest absolute Gasteiger partial charge is 0.449 e. The summed E-state index contributed by atoms with van der Waals surface area (Å²) in [5, 5.41) is 11.2. The number of nitrogens with zero attached hydrogens (tertiary/aromatic N) is 4. The van der Waals surface area contributed by atoms with Gasteiger partial charge in [-0.1, -0.05) is 23.7 Å². The van der Waals surface area contributed by atoms with E-state index >= 15 is 0 Å². The number of anilines is 2. The highest BCUT2D eigenvalue weighted by Gasteiger charge is 2.38. The maximum atomic E-state index is 14.4. The number of urea groups is 1. The molecule has 1 saturated heterocycles. The Hall–Kier alpha value is -4.51. The second-order valence-corrected chi connectivity index (χ2v) is 11.7. The van der Waals surface area contributed by atoms with Gasteiger partial charge in [0.15, 0.2) is 0 Å². The van der Waals surface area contributed by atoms with Crippen LogP contribution < -0.4 is 14.5 Å². The molecule has 8 nitrogen and oxygen atoms in total. The third-order valence-corrected chi connectivity index (χ3v) is 9.02. The largest absolute Gasteiger partial charge is 0.511 e. The molecule has 1 aliphatic carbocycles. The van der Waals surface area contributed by atoms with Gasteiger partial charge in [-0.05, 0) is 90.7 Å². The Balaban J connectivity index is 1.30. The standard InChI is InChI=1S/C33H30ClF3N4O4/c1-39(29-9-4-20-3-7-26(18-27(20)29)45-32(43)44)31(42)41(30-17-23(33(35,36)37)5-8-28(30)34)24-11-14-40(15-12-24)25-6-2-22-19-38-13-10-21(22)16-25/h2-3,5-8,10,13,16-19,24,29H,4,9,11-12,14-15H2,1H3,(H,43,44). The molecule has 234 valence electrons. The van der Waals surface area contributed by atoms with Crippen molar-refractivity contribution in [3.63, 3.8) is 0 Å².